The van der Waals surface area contributed by atoms with Crippen molar-refractivity contribution in [3.05, 3.63) is 36.0 Å². The zero-order chi connectivity index (χ0) is 16.8. The number of aromatic nitrogens is 1. The van der Waals surface area contributed by atoms with Crippen molar-refractivity contribution in [3.63, 3.8) is 0 Å². The number of rotatable bonds is 2. The maximum absolute atomic E-state index is 12.7. The van der Waals surface area contributed by atoms with E-state index < -0.39 is 15.4 Å². The molecule has 0 bridgehead atoms. The minimum absolute atomic E-state index is 0.0650. The van der Waals surface area contributed by atoms with Gasteiger partial charge < -0.3 is 15.0 Å². The number of carbonyl (C=O) groups excluding carboxylic acids is 1. The SMILES string of the molecule is O=C(NC1CCOC2(CCS(=O)(=O)C2)C1)c1cccc2cc[nH]c12. The van der Waals surface area contributed by atoms with Crippen LogP contribution in [0.3, 0.4) is 0 Å². The average Bonchev–Trinajstić information content (AvgIpc) is 3.11. The highest BCUT2D eigenvalue weighted by Gasteiger charge is 2.46. The van der Waals surface area contributed by atoms with Gasteiger partial charge in [-0.25, -0.2) is 8.42 Å². The zero-order valence-electron chi connectivity index (χ0n) is 13.2. The van der Waals surface area contributed by atoms with Crippen LogP contribution in [0.15, 0.2) is 30.5 Å². The van der Waals surface area contributed by atoms with Gasteiger partial charge >= 0.3 is 0 Å². The van der Waals surface area contributed by atoms with Crippen molar-refractivity contribution < 1.29 is 17.9 Å². The normalized spacial score (nSPS) is 29.1. The first-order valence-corrected chi connectivity index (χ1v) is 10.00. The third kappa shape index (κ3) is 2.82. The molecule has 4 rings (SSSR count). The molecular formula is C17H20N2O4S. The van der Waals surface area contributed by atoms with Crippen molar-refractivity contribution in [1.82, 2.24) is 10.3 Å². The van der Waals surface area contributed by atoms with Crippen molar-refractivity contribution in [3.8, 4) is 0 Å². The molecule has 1 aromatic carbocycles. The quantitative estimate of drug-likeness (QED) is 0.863. The van der Waals surface area contributed by atoms with Gasteiger partial charge in [-0.3, -0.25) is 4.79 Å². The summed E-state index contributed by atoms with van der Waals surface area (Å²) in [6.07, 6.45) is 3.59. The number of nitrogens with one attached hydrogen (secondary N) is 2. The van der Waals surface area contributed by atoms with Gasteiger partial charge in [-0.15, -0.1) is 0 Å². The van der Waals surface area contributed by atoms with Crippen molar-refractivity contribution >= 4 is 26.6 Å². The second-order valence-corrected chi connectivity index (χ2v) is 8.97. The summed E-state index contributed by atoms with van der Waals surface area (Å²) in [5.41, 5.74) is 0.810. The Balaban J connectivity index is 1.51. The molecule has 128 valence electrons. The van der Waals surface area contributed by atoms with E-state index in [0.717, 1.165) is 10.9 Å². The van der Waals surface area contributed by atoms with Crippen molar-refractivity contribution in [1.29, 1.82) is 0 Å². The summed E-state index contributed by atoms with van der Waals surface area (Å²) < 4.78 is 29.4. The molecule has 2 fully saturated rings. The monoisotopic (exact) mass is 348 g/mol. The lowest BCUT2D eigenvalue weighted by Crippen LogP contribution is -2.49. The third-order valence-electron chi connectivity index (χ3n) is 5.01. The van der Waals surface area contributed by atoms with Gasteiger partial charge in [-0.05, 0) is 31.4 Å². The largest absolute Gasteiger partial charge is 0.374 e. The van der Waals surface area contributed by atoms with E-state index in [1.54, 1.807) is 6.07 Å². The molecule has 7 heteroatoms. The fourth-order valence-corrected chi connectivity index (χ4v) is 5.82. The second-order valence-electron chi connectivity index (χ2n) is 6.78. The maximum atomic E-state index is 12.7. The molecule has 3 heterocycles. The second kappa shape index (κ2) is 5.60. The van der Waals surface area contributed by atoms with Gasteiger partial charge in [0, 0.05) is 24.2 Å². The number of sulfone groups is 1. The van der Waals surface area contributed by atoms with Crippen molar-refractivity contribution in [2.45, 2.75) is 30.9 Å². The van der Waals surface area contributed by atoms with Crippen LogP contribution in [0, 0.1) is 0 Å². The minimum atomic E-state index is -3.02. The van der Waals surface area contributed by atoms with Crippen LogP contribution in [0.1, 0.15) is 29.6 Å². The molecule has 0 radical (unpaired) electrons. The van der Waals surface area contributed by atoms with Crippen LogP contribution in [0.4, 0.5) is 0 Å². The Labute approximate surface area is 140 Å². The van der Waals surface area contributed by atoms with Crippen LogP contribution in [0.5, 0.6) is 0 Å². The average molecular weight is 348 g/mol. The molecule has 2 atom stereocenters. The summed E-state index contributed by atoms with van der Waals surface area (Å²) in [6, 6.07) is 7.47. The Hall–Kier alpha value is -1.86. The Morgan fingerprint density at radius 3 is 3.00 bits per heavy atom. The van der Waals surface area contributed by atoms with Crippen LogP contribution in [0.2, 0.25) is 0 Å². The first-order chi connectivity index (χ1) is 11.5. The molecule has 2 saturated heterocycles. The highest BCUT2D eigenvalue weighted by atomic mass is 32.2. The standard InChI is InChI=1S/C17H20N2O4S/c20-16(14-3-1-2-12-4-7-18-15(12)14)19-13-5-8-23-17(10-13)6-9-24(21,22)11-17/h1-4,7,13,18H,5-6,8-11H2,(H,19,20). The predicted molar refractivity (Wildman–Crippen MR) is 90.7 cm³/mol. The Morgan fingerprint density at radius 1 is 1.33 bits per heavy atom. The molecule has 0 aliphatic carbocycles. The van der Waals surface area contributed by atoms with Crippen molar-refractivity contribution in [2.75, 3.05) is 18.1 Å². The number of hydrogen-bond acceptors (Lipinski definition) is 4. The van der Waals surface area contributed by atoms with E-state index in [0.29, 0.717) is 31.4 Å². The number of hydrogen-bond donors (Lipinski definition) is 2. The van der Waals surface area contributed by atoms with Gasteiger partial charge in [0.1, 0.15) is 0 Å². The molecule has 2 aliphatic rings. The molecular weight excluding hydrogens is 328 g/mol. The van der Waals surface area contributed by atoms with Gasteiger partial charge in [0.25, 0.3) is 5.91 Å². The van der Waals surface area contributed by atoms with E-state index in [-0.39, 0.29) is 23.5 Å². The van der Waals surface area contributed by atoms with Crippen LogP contribution >= 0.6 is 0 Å². The molecule has 2 N–H and O–H groups in total. The number of benzene rings is 1. The summed E-state index contributed by atoms with van der Waals surface area (Å²) >= 11 is 0. The fraction of sp³-hybridized carbons (Fsp3) is 0.471. The van der Waals surface area contributed by atoms with E-state index in [2.05, 4.69) is 10.3 Å². The fourth-order valence-electron chi connectivity index (χ4n) is 3.85. The maximum Gasteiger partial charge on any atom is 0.253 e. The summed E-state index contributed by atoms with van der Waals surface area (Å²) in [4.78, 5) is 15.8. The topological polar surface area (TPSA) is 88.3 Å². The summed E-state index contributed by atoms with van der Waals surface area (Å²) in [6.45, 7) is 0.479. The van der Waals surface area contributed by atoms with Crippen LogP contribution in [0.25, 0.3) is 10.9 Å². The molecule has 2 aliphatic heterocycles. The van der Waals surface area contributed by atoms with Gasteiger partial charge in [0.2, 0.25) is 0 Å². The number of ether oxygens (including phenoxy) is 1. The molecule has 2 aromatic rings. The van der Waals surface area contributed by atoms with E-state index in [9.17, 15) is 13.2 Å². The number of para-hydroxylation sites is 1. The number of aromatic amines is 1. The van der Waals surface area contributed by atoms with Gasteiger partial charge in [0.15, 0.2) is 9.84 Å². The van der Waals surface area contributed by atoms with E-state index >= 15 is 0 Å². The Morgan fingerprint density at radius 2 is 2.21 bits per heavy atom. The lowest BCUT2D eigenvalue weighted by molar-refractivity contribution is -0.0690. The number of fused-ring (bicyclic) bond motifs is 1. The lowest BCUT2D eigenvalue weighted by atomic mass is 9.89. The van der Waals surface area contributed by atoms with E-state index in [1.807, 2.05) is 24.4 Å². The number of carbonyl (C=O) groups is 1. The highest BCUT2D eigenvalue weighted by Crippen LogP contribution is 2.35. The molecule has 2 unspecified atom stereocenters. The predicted octanol–water partition coefficient (Wildman–Crippen LogP) is 1.63. The first-order valence-electron chi connectivity index (χ1n) is 8.18. The summed E-state index contributed by atoms with van der Waals surface area (Å²) in [5.74, 6) is 0.111. The van der Waals surface area contributed by atoms with Crippen LogP contribution in [-0.4, -0.2) is 49.1 Å². The molecule has 0 saturated carbocycles. The van der Waals surface area contributed by atoms with Gasteiger partial charge in [-0.2, -0.15) is 0 Å². The first kappa shape index (κ1) is 15.7. The Kier molecular flexibility index (Phi) is 3.65. The van der Waals surface area contributed by atoms with Crippen molar-refractivity contribution in [2.24, 2.45) is 0 Å². The zero-order valence-corrected chi connectivity index (χ0v) is 14.1. The van der Waals surface area contributed by atoms with E-state index in [1.165, 1.54) is 0 Å². The van der Waals surface area contributed by atoms with E-state index in [4.69, 9.17) is 4.74 Å². The molecule has 1 spiro atoms. The van der Waals surface area contributed by atoms with Gasteiger partial charge in [-0.1, -0.05) is 12.1 Å². The van der Waals surface area contributed by atoms with Crippen LogP contribution < -0.4 is 5.32 Å². The van der Waals surface area contributed by atoms with Gasteiger partial charge in [0.05, 0.1) is 28.2 Å². The number of H-pyrrole nitrogens is 1. The number of amides is 1. The Bertz CT molecular complexity index is 889. The smallest absolute Gasteiger partial charge is 0.253 e. The summed E-state index contributed by atoms with van der Waals surface area (Å²) in [5, 5.41) is 4.06. The third-order valence-corrected chi connectivity index (χ3v) is 6.80. The molecule has 24 heavy (non-hydrogen) atoms. The lowest BCUT2D eigenvalue weighted by Gasteiger charge is -2.37. The minimum Gasteiger partial charge on any atom is -0.374 e. The molecule has 6 nitrogen and oxygen atoms in total. The molecule has 1 amide bonds. The van der Waals surface area contributed by atoms with Crippen LogP contribution in [-0.2, 0) is 14.6 Å². The highest BCUT2D eigenvalue weighted by molar-refractivity contribution is 7.91. The summed E-state index contributed by atoms with van der Waals surface area (Å²) in [7, 11) is -3.02. The molecule has 1 aromatic heterocycles.